The van der Waals surface area contributed by atoms with E-state index in [0.717, 1.165) is 31.6 Å². The molecule has 0 aromatic heterocycles. The van der Waals surface area contributed by atoms with Crippen LogP contribution in [-0.4, -0.2) is 42.6 Å². The largest absolute Gasteiger partial charge is 0.468 e. The Balaban J connectivity index is 2.48. The molecule has 1 aliphatic heterocycles. The highest BCUT2D eigenvalue weighted by molar-refractivity contribution is 6.27. The quantitative estimate of drug-likeness (QED) is 0.346. The number of carbonyl (C=O) groups is 3. The van der Waals surface area contributed by atoms with Crippen LogP contribution in [0, 0.1) is 11.3 Å². The van der Waals surface area contributed by atoms with Crippen LogP contribution in [0.5, 0.6) is 0 Å². The minimum Gasteiger partial charge on any atom is -0.468 e. The van der Waals surface area contributed by atoms with E-state index in [9.17, 15) is 14.4 Å². The van der Waals surface area contributed by atoms with E-state index >= 15 is 0 Å². The molecule has 0 aromatic carbocycles. The number of carbonyl (C=O) groups excluding carboxylic acids is 3. The van der Waals surface area contributed by atoms with Crippen LogP contribution in [0.4, 0.5) is 0 Å². The molecule has 122 valence electrons. The molecule has 1 saturated carbocycles. The van der Waals surface area contributed by atoms with Gasteiger partial charge in [0.2, 0.25) is 0 Å². The first-order valence-electron chi connectivity index (χ1n) is 7.96. The first kappa shape index (κ1) is 16.7. The molecular formula is C17H25NO4. The molecule has 0 bridgehead atoms. The molecule has 1 atom stereocenters. The standard InChI is InChI=1S/C17H25NO4/c1-5-11(18-8-6-7-9-18)13-12(19)10-17(2,3)14(15(13)20)16(21)22-4/h14H,5-10H2,1-4H3/b13-11+/t14-/m1/s1. The second-order valence-electron chi connectivity index (χ2n) is 6.78. The normalized spacial score (nSPS) is 27.1. The van der Waals surface area contributed by atoms with Gasteiger partial charge in [0, 0.05) is 25.2 Å². The minimum atomic E-state index is -0.894. The molecule has 0 amide bonds. The lowest BCUT2D eigenvalue weighted by Crippen LogP contribution is -2.47. The fourth-order valence-electron chi connectivity index (χ4n) is 3.63. The summed E-state index contributed by atoms with van der Waals surface area (Å²) < 4.78 is 4.81. The predicted octanol–water partition coefficient (Wildman–Crippen LogP) is 2.10. The first-order valence-corrected chi connectivity index (χ1v) is 7.96. The monoisotopic (exact) mass is 307 g/mol. The Morgan fingerprint density at radius 1 is 1.27 bits per heavy atom. The van der Waals surface area contributed by atoms with Gasteiger partial charge in [-0.3, -0.25) is 14.4 Å². The molecule has 0 N–H and O–H groups in total. The number of ketones is 2. The lowest BCUT2D eigenvalue weighted by atomic mass is 9.65. The minimum absolute atomic E-state index is 0.140. The van der Waals surface area contributed by atoms with Gasteiger partial charge in [0.15, 0.2) is 11.6 Å². The highest BCUT2D eigenvalue weighted by atomic mass is 16.5. The van der Waals surface area contributed by atoms with Crippen molar-refractivity contribution < 1.29 is 19.1 Å². The summed E-state index contributed by atoms with van der Waals surface area (Å²) in [7, 11) is 1.28. The molecule has 0 radical (unpaired) electrons. The van der Waals surface area contributed by atoms with Gasteiger partial charge in [-0.2, -0.15) is 0 Å². The van der Waals surface area contributed by atoms with E-state index in [2.05, 4.69) is 4.90 Å². The van der Waals surface area contributed by atoms with Crippen LogP contribution in [-0.2, 0) is 19.1 Å². The summed E-state index contributed by atoms with van der Waals surface area (Å²) >= 11 is 0. The van der Waals surface area contributed by atoms with Crippen molar-refractivity contribution in [3.8, 4) is 0 Å². The van der Waals surface area contributed by atoms with Gasteiger partial charge < -0.3 is 9.64 Å². The fourth-order valence-corrected chi connectivity index (χ4v) is 3.63. The molecule has 0 spiro atoms. The van der Waals surface area contributed by atoms with E-state index in [0.29, 0.717) is 6.42 Å². The predicted molar refractivity (Wildman–Crippen MR) is 82.0 cm³/mol. The molecule has 1 aliphatic carbocycles. The summed E-state index contributed by atoms with van der Waals surface area (Å²) in [5, 5.41) is 0. The van der Waals surface area contributed by atoms with Crippen molar-refractivity contribution in [2.75, 3.05) is 20.2 Å². The first-order chi connectivity index (χ1) is 10.3. The van der Waals surface area contributed by atoms with Gasteiger partial charge in [-0.25, -0.2) is 0 Å². The number of ether oxygens (including phenoxy) is 1. The molecule has 22 heavy (non-hydrogen) atoms. The highest BCUT2D eigenvalue weighted by Gasteiger charge is 2.50. The van der Waals surface area contributed by atoms with Crippen LogP contribution in [0.1, 0.15) is 46.5 Å². The van der Waals surface area contributed by atoms with Gasteiger partial charge in [-0.15, -0.1) is 0 Å². The molecule has 0 unspecified atom stereocenters. The zero-order valence-corrected chi connectivity index (χ0v) is 13.9. The number of esters is 1. The Hall–Kier alpha value is -1.65. The smallest absolute Gasteiger partial charge is 0.317 e. The molecule has 2 aliphatic rings. The third-order valence-corrected chi connectivity index (χ3v) is 4.73. The zero-order chi connectivity index (χ0) is 16.5. The molecule has 5 heteroatoms. The summed E-state index contributed by atoms with van der Waals surface area (Å²) in [4.78, 5) is 39.7. The maximum atomic E-state index is 12.9. The number of allylic oxidation sites excluding steroid dienone is 2. The van der Waals surface area contributed by atoms with Crippen molar-refractivity contribution in [3.05, 3.63) is 11.3 Å². The number of hydrogen-bond acceptors (Lipinski definition) is 5. The summed E-state index contributed by atoms with van der Waals surface area (Å²) in [6.45, 7) is 7.26. The van der Waals surface area contributed by atoms with Crippen LogP contribution in [0.15, 0.2) is 11.3 Å². The van der Waals surface area contributed by atoms with E-state index in [1.165, 1.54) is 7.11 Å². The maximum absolute atomic E-state index is 12.9. The van der Waals surface area contributed by atoms with Gasteiger partial charge in [0.25, 0.3) is 0 Å². The highest BCUT2D eigenvalue weighted by Crippen LogP contribution is 2.41. The summed E-state index contributed by atoms with van der Waals surface area (Å²) in [5.41, 5.74) is 0.338. The number of rotatable bonds is 3. The number of Topliss-reactive ketones (excluding diaryl/α,β-unsaturated/α-hetero) is 2. The van der Waals surface area contributed by atoms with E-state index in [1.54, 1.807) is 13.8 Å². The molecule has 2 fully saturated rings. The molecular weight excluding hydrogens is 282 g/mol. The SMILES string of the molecule is CC/C(=C1/C(=O)CC(C)(C)[C@@H](C(=O)OC)C1=O)N1CCCC1. The van der Waals surface area contributed by atoms with Gasteiger partial charge >= 0.3 is 5.97 Å². The van der Waals surface area contributed by atoms with Gasteiger partial charge in [0.05, 0.1) is 12.7 Å². The number of likely N-dealkylation sites (tertiary alicyclic amines) is 1. The van der Waals surface area contributed by atoms with Gasteiger partial charge in [0.1, 0.15) is 5.92 Å². The Kier molecular flexibility index (Phi) is 4.73. The van der Waals surface area contributed by atoms with Crippen molar-refractivity contribution in [1.82, 2.24) is 4.90 Å². The maximum Gasteiger partial charge on any atom is 0.317 e. The summed E-state index contributed by atoms with van der Waals surface area (Å²) in [5.74, 6) is -1.94. The number of hydrogen-bond donors (Lipinski definition) is 0. The van der Waals surface area contributed by atoms with Gasteiger partial charge in [-0.1, -0.05) is 20.8 Å². The molecule has 5 nitrogen and oxygen atoms in total. The second kappa shape index (κ2) is 6.23. The summed E-state index contributed by atoms with van der Waals surface area (Å²) in [6, 6.07) is 0. The molecule has 1 saturated heterocycles. The fraction of sp³-hybridized carbons (Fsp3) is 0.706. The van der Waals surface area contributed by atoms with Crippen LogP contribution in [0.25, 0.3) is 0 Å². The van der Waals surface area contributed by atoms with E-state index in [4.69, 9.17) is 4.74 Å². The molecule has 2 rings (SSSR count). The number of nitrogens with zero attached hydrogens (tertiary/aromatic N) is 1. The van der Waals surface area contributed by atoms with Crippen molar-refractivity contribution >= 4 is 17.5 Å². The van der Waals surface area contributed by atoms with Crippen LogP contribution < -0.4 is 0 Å². The van der Waals surface area contributed by atoms with E-state index in [-0.39, 0.29) is 23.6 Å². The average molecular weight is 307 g/mol. The third kappa shape index (κ3) is 2.81. The Morgan fingerprint density at radius 3 is 2.36 bits per heavy atom. The Morgan fingerprint density at radius 2 is 1.86 bits per heavy atom. The number of methoxy groups -OCH3 is 1. The van der Waals surface area contributed by atoms with Gasteiger partial charge in [-0.05, 0) is 24.7 Å². The topological polar surface area (TPSA) is 63.7 Å². The summed E-state index contributed by atoms with van der Waals surface area (Å²) in [6.07, 6.45) is 2.97. The lowest BCUT2D eigenvalue weighted by Gasteiger charge is -2.37. The second-order valence-corrected chi connectivity index (χ2v) is 6.78. The van der Waals surface area contributed by atoms with Crippen LogP contribution >= 0.6 is 0 Å². The lowest BCUT2D eigenvalue weighted by molar-refractivity contribution is -0.155. The van der Waals surface area contributed by atoms with E-state index < -0.39 is 17.3 Å². The van der Waals surface area contributed by atoms with Crippen molar-refractivity contribution in [2.24, 2.45) is 11.3 Å². The zero-order valence-electron chi connectivity index (χ0n) is 13.9. The van der Waals surface area contributed by atoms with Crippen LogP contribution in [0.2, 0.25) is 0 Å². The van der Waals surface area contributed by atoms with E-state index in [1.807, 2.05) is 6.92 Å². The van der Waals surface area contributed by atoms with Crippen LogP contribution in [0.3, 0.4) is 0 Å². The molecule has 1 heterocycles. The third-order valence-electron chi connectivity index (χ3n) is 4.73. The van der Waals surface area contributed by atoms with Crippen molar-refractivity contribution in [1.29, 1.82) is 0 Å². The Bertz CT molecular complexity index is 527. The van der Waals surface area contributed by atoms with Crippen molar-refractivity contribution in [2.45, 2.75) is 46.5 Å². The molecule has 0 aromatic rings. The Labute approximate surface area is 131 Å². The van der Waals surface area contributed by atoms with Crippen molar-refractivity contribution in [3.63, 3.8) is 0 Å². The average Bonchev–Trinajstić information content (AvgIpc) is 2.95.